The number of hydrogen-bond acceptors (Lipinski definition) is 3. The van der Waals surface area contributed by atoms with Crippen LogP contribution < -0.4 is 5.32 Å². The predicted octanol–water partition coefficient (Wildman–Crippen LogP) is 3.93. The minimum absolute atomic E-state index is 0.164. The van der Waals surface area contributed by atoms with Crippen molar-refractivity contribution in [2.45, 2.75) is 33.1 Å². The molecule has 1 N–H and O–H groups in total. The highest BCUT2D eigenvalue weighted by molar-refractivity contribution is 5.66. The molecule has 106 valence electrons. The lowest BCUT2D eigenvalue weighted by atomic mass is 9.95. The number of rotatable bonds is 2. The van der Waals surface area contributed by atoms with Gasteiger partial charge in [-0.2, -0.15) is 0 Å². The minimum atomic E-state index is -0.218. The quantitative estimate of drug-likeness (QED) is 0.901. The van der Waals surface area contributed by atoms with Crippen LogP contribution in [0.1, 0.15) is 32.2 Å². The van der Waals surface area contributed by atoms with E-state index in [0.717, 1.165) is 22.9 Å². The van der Waals surface area contributed by atoms with E-state index in [1.54, 1.807) is 13.0 Å². The summed E-state index contributed by atoms with van der Waals surface area (Å²) in [5.74, 6) is 1.26. The number of aromatic nitrogens is 2. The van der Waals surface area contributed by atoms with E-state index in [9.17, 15) is 4.39 Å². The average molecular weight is 273 g/mol. The molecule has 0 atom stereocenters. The summed E-state index contributed by atoms with van der Waals surface area (Å²) in [6, 6.07) is 6.89. The van der Waals surface area contributed by atoms with E-state index >= 15 is 0 Å². The Bertz CT molecular complexity index is 630. The molecule has 1 heterocycles. The lowest BCUT2D eigenvalue weighted by Gasteiger charge is -2.19. The van der Waals surface area contributed by atoms with Crippen molar-refractivity contribution in [1.82, 2.24) is 9.97 Å². The summed E-state index contributed by atoms with van der Waals surface area (Å²) < 4.78 is 13.7. The van der Waals surface area contributed by atoms with Crippen LogP contribution in [0.3, 0.4) is 0 Å². The molecular weight excluding hydrogens is 253 g/mol. The average Bonchev–Trinajstić information content (AvgIpc) is 2.40. The lowest BCUT2D eigenvalue weighted by molar-refractivity contribution is 0.547. The Kier molecular flexibility index (Phi) is 3.75. The summed E-state index contributed by atoms with van der Waals surface area (Å²) >= 11 is 0. The molecule has 2 aromatic rings. The maximum Gasteiger partial charge on any atom is 0.136 e. The molecule has 0 aliphatic rings. The molecule has 20 heavy (non-hydrogen) atoms. The second-order valence-electron chi connectivity index (χ2n) is 5.87. The fourth-order valence-electron chi connectivity index (χ4n) is 1.93. The highest BCUT2D eigenvalue weighted by Crippen LogP contribution is 2.28. The Balaban J connectivity index is 2.65. The van der Waals surface area contributed by atoms with Gasteiger partial charge >= 0.3 is 0 Å². The molecule has 0 unspecified atom stereocenters. The van der Waals surface area contributed by atoms with Crippen LogP contribution >= 0.6 is 0 Å². The summed E-state index contributed by atoms with van der Waals surface area (Å²) in [7, 11) is 1.82. The van der Waals surface area contributed by atoms with Gasteiger partial charge < -0.3 is 5.32 Å². The highest BCUT2D eigenvalue weighted by atomic mass is 19.1. The maximum atomic E-state index is 13.7. The van der Waals surface area contributed by atoms with E-state index in [-0.39, 0.29) is 11.2 Å². The van der Waals surface area contributed by atoms with Crippen LogP contribution in [-0.2, 0) is 5.41 Å². The Morgan fingerprint density at radius 2 is 1.85 bits per heavy atom. The standard InChI is InChI=1S/C16H20FN3/c1-10-11(7-6-8-12(10)17)13-9-14(18-5)20-15(19-13)16(2,3)4/h6-9H,1-5H3,(H,18,19,20). The molecular formula is C16H20FN3. The molecule has 0 aliphatic heterocycles. The molecule has 0 saturated heterocycles. The molecule has 0 amide bonds. The number of nitrogens with zero attached hydrogens (tertiary/aromatic N) is 2. The van der Waals surface area contributed by atoms with Crippen LogP contribution in [0.25, 0.3) is 11.3 Å². The van der Waals surface area contributed by atoms with Crippen molar-refractivity contribution in [3.8, 4) is 11.3 Å². The molecule has 0 fully saturated rings. The number of benzene rings is 1. The van der Waals surface area contributed by atoms with Crippen molar-refractivity contribution in [2.24, 2.45) is 0 Å². The van der Waals surface area contributed by atoms with Gasteiger partial charge in [-0.05, 0) is 18.6 Å². The molecule has 0 radical (unpaired) electrons. The van der Waals surface area contributed by atoms with Crippen LogP contribution in [0.5, 0.6) is 0 Å². The van der Waals surface area contributed by atoms with E-state index in [1.165, 1.54) is 6.07 Å². The second-order valence-corrected chi connectivity index (χ2v) is 5.87. The molecule has 0 bridgehead atoms. The van der Waals surface area contributed by atoms with E-state index in [2.05, 4.69) is 36.1 Å². The van der Waals surface area contributed by atoms with Gasteiger partial charge in [-0.15, -0.1) is 0 Å². The number of anilines is 1. The zero-order chi connectivity index (χ0) is 14.9. The van der Waals surface area contributed by atoms with Crippen LogP contribution in [-0.4, -0.2) is 17.0 Å². The Morgan fingerprint density at radius 1 is 1.15 bits per heavy atom. The molecule has 1 aromatic heterocycles. The first-order valence-corrected chi connectivity index (χ1v) is 6.65. The normalized spacial score (nSPS) is 11.5. The number of halogens is 1. The van der Waals surface area contributed by atoms with Gasteiger partial charge in [0, 0.05) is 24.1 Å². The zero-order valence-electron chi connectivity index (χ0n) is 12.6. The van der Waals surface area contributed by atoms with Crippen molar-refractivity contribution in [3.05, 3.63) is 41.5 Å². The summed E-state index contributed by atoms with van der Waals surface area (Å²) in [6.07, 6.45) is 0. The Morgan fingerprint density at radius 3 is 2.45 bits per heavy atom. The summed E-state index contributed by atoms with van der Waals surface area (Å²) in [5, 5.41) is 3.04. The molecule has 3 nitrogen and oxygen atoms in total. The fourth-order valence-corrected chi connectivity index (χ4v) is 1.93. The molecule has 0 spiro atoms. The fraction of sp³-hybridized carbons (Fsp3) is 0.375. The van der Waals surface area contributed by atoms with Gasteiger partial charge in [0.25, 0.3) is 0 Å². The van der Waals surface area contributed by atoms with Crippen molar-refractivity contribution in [2.75, 3.05) is 12.4 Å². The van der Waals surface area contributed by atoms with Crippen molar-refractivity contribution >= 4 is 5.82 Å². The lowest BCUT2D eigenvalue weighted by Crippen LogP contribution is -2.17. The molecule has 2 rings (SSSR count). The van der Waals surface area contributed by atoms with Crippen molar-refractivity contribution in [3.63, 3.8) is 0 Å². The third kappa shape index (κ3) is 2.79. The number of nitrogens with one attached hydrogen (secondary N) is 1. The molecule has 0 saturated carbocycles. The molecule has 4 heteroatoms. The first-order chi connectivity index (χ1) is 9.32. The van der Waals surface area contributed by atoms with Crippen LogP contribution in [0, 0.1) is 12.7 Å². The van der Waals surface area contributed by atoms with E-state index in [0.29, 0.717) is 5.56 Å². The van der Waals surface area contributed by atoms with Gasteiger partial charge in [-0.25, -0.2) is 14.4 Å². The van der Waals surface area contributed by atoms with Gasteiger partial charge in [0.15, 0.2) is 0 Å². The van der Waals surface area contributed by atoms with Crippen molar-refractivity contribution in [1.29, 1.82) is 0 Å². The monoisotopic (exact) mass is 273 g/mol. The van der Waals surface area contributed by atoms with Gasteiger partial charge in [0.2, 0.25) is 0 Å². The summed E-state index contributed by atoms with van der Waals surface area (Å²) in [6.45, 7) is 7.94. The van der Waals surface area contributed by atoms with Crippen LogP contribution in [0.4, 0.5) is 10.2 Å². The number of hydrogen-bond donors (Lipinski definition) is 1. The zero-order valence-corrected chi connectivity index (χ0v) is 12.6. The van der Waals surface area contributed by atoms with Crippen LogP contribution in [0.2, 0.25) is 0 Å². The summed E-state index contributed by atoms with van der Waals surface area (Å²) in [5.41, 5.74) is 1.98. The first kappa shape index (κ1) is 14.4. The smallest absolute Gasteiger partial charge is 0.136 e. The van der Waals surface area contributed by atoms with Gasteiger partial charge in [0.1, 0.15) is 17.5 Å². The summed E-state index contributed by atoms with van der Waals surface area (Å²) in [4.78, 5) is 9.09. The van der Waals surface area contributed by atoms with Gasteiger partial charge in [-0.3, -0.25) is 0 Å². The second kappa shape index (κ2) is 5.19. The first-order valence-electron chi connectivity index (χ1n) is 6.65. The van der Waals surface area contributed by atoms with Crippen LogP contribution in [0.15, 0.2) is 24.3 Å². The minimum Gasteiger partial charge on any atom is -0.373 e. The third-order valence-corrected chi connectivity index (χ3v) is 3.20. The highest BCUT2D eigenvalue weighted by Gasteiger charge is 2.20. The topological polar surface area (TPSA) is 37.8 Å². The Labute approximate surface area is 119 Å². The van der Waals surface area contributed by atoms with Crippen molar-refractivity contribution < 1.29 is 4.39 Å². The maximum absolute atomic E-state index is 13.7. The van der Waals surface area contributed by atoms with E-state index in [4.69, 9.17) is 0 Å². The third-order valence-electron chi connectivity index (χ3n) is 3.20. The SMILES string of the molecule is CNc1cc(-c2cccc(F)c2C)nc(C(C)(C)C)n1. The van der Waals surface area contributed by atoms with E-state index in [1.807, 2.05) is 19.2 Å². The largest absolute Gasteiger partial charge is 0.373 e. The Hall–Kier alpha value is -1.97. The van der Waals surface area contributed by atoms with Gasteiger partial charge in [-0.1, -0.05) is 32.9 Å². The van der Waals surface area contributed by atoms with E-state index < -0.39 is 0 Å². The molecule has 0 aliphatic carbocycles. The van der Waals surface area contributed by atoms with Gasteiger partial charge in [0.05, 0.1) is 5.69 Å². The molecule has 1 aromatic carbocycles. The predicted molar refractivity (Wildman–Crippen MR) is 80.4 cm³/mol.